The SMILES string of the molecule is COc1cc(NC(=O)c2ccco2)c(OC)cc1NC(=O)CCC(=O)NCc1cccnc1. The van der Waals surface area contributed by atoms with Gasteiger partial charge in [0.1, 0.15) is 11.5 Å². The number of carbonyl (C=O) groups excluding carboxylic acids is 3. The number of amides is 3. The second kappa shape index (κ2) is 11.3. The molecule has 3 aromatic rings. The topological polar surface area (TPSA) is 132 Å². The highest BCUT2D eigenvalue weighted by Gasteiger charge is 2.17. The molecule has 33 heavy (non-hydrogen) atoms. The molecule has 0 unspecified atom stereocenters. The summed E-state index contributed by atoms with van der Waals surface area (Å²) in [6.07, 6.45) is 4.69. The van der Waals surface area contributed by atoms with Crippen LogP contribution in [0.2, 0.25) is 0 Å². The number of carbonyl (C=O) groups is 3. The smallest absolute Gasteiger partial charge is 0.291 e. The number of rotatable bonds is 10. The third-order valence-corrected chi connectivity index (χ3v) is 4.58. The first kappa shape index (κ1) is 23.3. The number of ether oxygens (including phenoxy) is 2. The van der Waals surface area contributed by atoms with Gasteiger partial charge in [-0.3, -0.25) is 19.4 Å². The molecule has 2 aromatic heterocycles. The number of hydrogen-bond donors (Lipinski definition) is 3. The van der Waals surface area contributed by atoms with Crippen molar-refractivity contribution in [2.45, 2.75) is 19.4 Å². The van der Waals surface area contributed by atoms with Crippen molar-refractivity contribution in [2.24, 2.45) is 0 Å². The molecular formula is C23H24N4O6. The van der Waals surface area contributed by atoms with Gasteiger partial charge in [0, 0.05) is 43.9 Å². The van der Waals surface area contributed by atoms with E-state index in [1.807, 2.05) is 6.07 Å². The van der Waals surface area contributed by atoms with Crippen LogP contribution in [0, 0.1) is 0 Å². The summed E-state index contributed by atoms with van der Waals surface area (Å²) in [6, 6.07) is 9.81. The highest BCUT2D eigenvalue weighted by molar-refractivity contribution is 6.04. The van der Waals surface area contributed by atoms with Crippen molar-refractivity contribution in [1.82, 2.24) is 10.3 Å². The number of anilines is 2. The highest BCUT2D eigenvalue weighted by atomic mass is 16.5. The summed E-state index contributed by atoms with van der Waals surface area (Å²) >= 11 is 0. The lowest BCUT2D eigenvalue weighted by atomic mass is 10.2. The predicted molar refractivity (Wildman–Crippen MR) is 120 cm³/mol. The molecule has 172 valence electrons. The van der Waals surface area contributed by atoms with Crippen LogP contribution in [0.4, 0.5) is 11.4 Å². The Morgan fingerprint density at radius 2 is 1.64 bits per heavy atom. The zero-order chi connectivity index (χ0) is 23.6. The lowest BCUT2D eigenvalue weighted by molar-refractivity contribution is -0.124. The zero-order valence-corrected chi connectivity index (χ0v) is 18.2. The molecule has 2 heterocycles. The maximum Gasteiger partial charge on any atom is 0.291 e. The Hall–Kier alpha value is -4.34. The van der Waals surface area contributed by atoms with Crippen molar-refractivity contribution < 1.29 is 28.3 Å². The van der Waals surface area contributed by atoms with E-state index < -0.39 is 5.91 Å². The van der Waals surface area contributed by atoms with Crippen molar-refractivity contribution in [3.63, 3.8) is 0 Å². The molecule has 1 aromatic carbocycles. The van der Waals surface area contributed by atoms with E-state index in [4.69, 9.17) is 13.9 Å². The Labute approximate surface area is 190 Å². The van der Waals surface area contributed by atoms with Crippen LogP contribution in [0.3, 0.4) is 0 Å². The molecule has 0 fully saturated rings. The predicted octanol–water partition coefficient (Wildman–Crippen LogP) is 2.98. The van der Waals surface area contributed by atoms with E-state index in [0.29, 0.717) is 29.4 Å². The molecule has 10 heteroatoms. The second-order valence-electron chi connectivity index (χ2n) is 6.87. The normalized spacial score (nSPS) is 10.2. The first-order chi connectivity index (χ1) is 16.0. The molecule has 3 N–H and O–H groups in total. The van der Waals surface area contributed by atoms with Gasteiger partial charge in [0.15, 0.2) is 5.76 Å². The van der Waals surface area contributed by atoms with Crippen LogP contribution in [0.1, 0.15) is 29.0 Å². The molecule has 0 saturated carbocycles. The summed E-state index contributed by atoms with van der Waals surface area (Å²) in [6.45, 7) is 0.338. The van der Waals surface area contributed by atoms with Gasteiger partial charge in [-0.15, -0.1) is 0 Å². The standard InChI is InChI=1S/C23H24N4O6/c1-31-19-12-17(27-23(30)18-6-4-10-33-18)20(32-2)11-16(19)26-22(29)8-7-21(28)25-14-15-5-3-9-24-13-15/h3-6,9-13H,7-8,14H2,1-2H3,(H,25,28)(H,26,29)(H,27,30). The maximum absolute atomic E-state index is 12.4. The fourth-order valence-corrected chi connectivity index (χ4v) is 2.92. The van der Waals surface area contributed by atoms with Crippen LogP contribution in [-0.2, 0) is 16.1 Å². The van der Waals surface area contributed by atoms with Crippen LogP contribution in [0.25, 0.3) is 0 Å². The summed E-state index contributed by atoms with van der Waals surface area (Å²) in [5.74, 6) is -0.349. The van der Waals surface area contributed by atoms with Gasteiger partial charge in [-0.05, 0) is 23.8 Å². The van der Waals surface area contributed by atoms with Gasteiger partial charge >= 0.3 is 0 Å². The summed E-state index contributed by atoms with van der Waals surface area (Å²) in [5, 5.41) is 8.13. The van der Waals surface area contributed by atoms with Gasteiger partial charge in [0.05, 0.1) is 31.9 Å². The molecule has 3 amide bonds. The van der Waals surface area contributed by atoms with E-state index in [1.54, 1.807) is 24.5 Å². The quantitative estimate of drug-likeness (QED) is 0.431. The fourth-order valence-electron chi connectivity index (χ4n) is 2.92. The second-order valence-corrected chi connectivity index (χ2v) is 6.87. The van der Waals surface area contributed by atoms with Gasteiger partial charge in [-0.2, -0.15) is 0 Å². The number of methoxy groups -OCH3 is 2. The number of hydrogen-bond acceptors (Lipinski definition) is 7. The Balaban J connectivity index is 1.59. The minimum absolute atomic E-state index is 0.0167. The van der Waals surface area contributed by atoms with Gasteiger partial charge in [0.25, 0.3) is 5.91 Å². The van der Waals surface area contributed by atoms with Crippen molar-refractivity contribution >= 4 is 29.1 Å². The Kier molecular flexibility index (Phi) is 8.01. The van der Waals surface area contributed by atoms with Gasteiger partial charge < -0.3 is 29.8 Å². The van der Waals surface area contributed by atoms with Crippen molar-refractivity contribution in [3.05, 3.63) is 66.4 Å². The fraction of sp³-hybridized carbons (Fsp3) is 0.217. The summed E-state index contributed by atoms with van der Waals surface area (Å²) in [4.78, 5) is 40.7. The minimum atomic E-state index is -0.463. The van der Waals surface area contributed by atoms with E-state index in [-0.39, 0.29) is 30.4 Å². The van der Waals surface area contributed by atoms with Crippen LogP contribution >= 0.6 is 0 Å². The highest BCUT2D eigenvalue weighted by Crippen LogP contribution is 2.36. The van der Waals surface area contributed by atoms with E-state index in [9.17, 15) is 14.4 Å². The molecule has 0 aliphatic heterocycles. The summed E-state index contributed by atoms with van der Waals surface area (Å²) in [7, 11) is 2.87. The summed E-state index contributed by atoms with van der Waals surface area (Å²) < 4.78 is 15.8. The van der Waals surface area contributed by atoms with Gasteiger partial charge in [-0.25, -0.2) is 0 Å². The third-order valence-electron chi connectivity index (χ3n) is 4.58. The monoisotopic (exact) mass is 452 g/mol. The number of aromatic nitrogens is 1. The molecule has 3 rings (SSSR count). The Bertz CT molecular complexity index is 1100. The van der Waals surface area contributed by atoms with E-state index >= 15 is 0 Å². The van der Waals surface area contributed by atoms with Crippen LogP contribution in [0.5, 0.6) is 11.5 Å². The number of benzene rings is 1. The molecule has 0 bridgehead atoms. The average molecular weight is 452 g/mol. The average Bonchev–Trinajstić information content (AvgIpc) is 3.38. The largest absolute Gasteiger partial charge is 0.494 e. The molecule has 0 spiro atoms. The number of nitrogens with one attached hydrogen (secondary N) is 3. The van der Waals surface area contributed by atoms with Crippen molar-refractivity contribution in [2.75, 3.05) is 24.9 Å². The lowest BCUT2D eigenvalue weighted by Gasteiger charge is -2.16. The van der Waals surface area contributed by atoms with E-state index in [1.165, 1.54) is 38.7 Å². The first-order valence-electron chi connectivity index (χ1n) is 10.1. The molecule has 0 aliphatic carbocycles. The Morgan fingerprint density at radius 3 is 2.24 bits per heavy atom. The lowest BCUT2D eigenvalue weighted by Crippen LogP contribution is -2.24. The van der Waals surface area contributed by atoms with Crippen LogP contribution in [0.15, 0.2) is 59.5 Å². The van der Waals surface area contributed by atoms with Gasteiger partial charge in [0.2, 0.25) is 11.8 Å². The number of pyridine rings is 1. The van der Waals surface area contributed by atoms with Crippen LogP contribution < -0.4 is 25.4 Å². The van der Waals surface area contributed by atoms with E-state index in [0.717, 1.165) is 5.56 Å². The van der Waals surface area contributed by atoms with E-state index in [2.05, 4.69) is 20.9 Å². The minimum Gasteiger partial charge on any atom is -0.494 e. The van der Waals surface area contributed by atoms with Crippen molar-refractivity contribution in [3.8, 4) is 11.5 Å². The maximum atomic E-state index is 12.4. The molecule has 0 aliphatic rings. The number of nitrogens with zero attached hydrogens (tertiary/aromatic N) is 1. The molecular weight excluding hydrogens is 428 g/mol. The summed E-state index contributed by atoms with van der Waals surface area (Å²) in [5.41, 5.74) is 1.54. The third kappa shape index (κ3) is 6.57. The first-order valence-corrected chi connectivity index (χ1v) is 10.1. The number of furan rings is 1. The van der Waals surface area contributed by atoms with Crippen molar-refractivity contribution in [1.29, 1.82) is 0 Å². The molecule has 0 radical (unpaired) electrons. The Morgan fingerprint density at radius 1 is 0.939 bits per heavy atom. The molecule has 0 atom stereocenters. The molecule has 0 saturated heterocycles. The van der Waals surface area contributed by atoms with Crippen LogP contribution in [-0.4, -0.2) is 36.9 Å². The zero-order valence-electron chi connectivity index (χ0n) is 18.2. The molecule has 10 nitrogen and oxygen atoms in total. The van der Waals surface area contributed by atoms with Gasteiger partial charge in [-0.1, -0.05) is 6.07 Å².